The molecule has 1 spiro atoms. The van der Waals surface area contributed by atoms with E-state index in [0.29, 0.717) is 6.61 Å². The van der Waals surface area contributed by atoms with Crippen molar-refractivity contribution in [1.29, 1.82) is 0 Å². The Morgan fingerprint density at radius 1 is 1.35 bits per heavy atom. The van der Waals surface area contributed by atoms with Crippen LogP contribution in [0.1, 0.15) is 34.9 Å². The van der Waals surface area contributed by atoms with Gasteiger partial charge < -0.3 is 4.74 Å². The summed E-state index contributed by atoms with van der Waals surface area (Å²) < 4.78 is 8.25. The minimum Gasteiger partial charge on any atom is -0.362 e. The fourth-order valence-electron chi connectivity index (χ4n) is 2.51. The van der Waals surface area contributed by atoms with Crippen LogP contribution in [0.3, 0.4) is 0 Å². The highest BCUT2D eigenvalue weighted by molar-refractivity contribution is 7.14. The van der Waals surface area contributed by atoms with Crippen molar-refractivity contribution in [3.63, 3.8) is 0 Å². The molecule has 5 heteroatoms. The molecule has 4 rings (SSSR count). The van der Waals surface area contributed by atoms with Crippen LogP contribution in [0.4, 0.5) is 0 Å². The third-order valence-corrected chi connectivity index (χ3v) is 4.63. The summed E-state index contributed by atoms with van der Waals surface area (Å²) in [6.45, 7) is 4.84. The van der Waals surface area contributed by atoms with Gasteiger partial charge in [-0.25, -0.2) is 0 Å². The van der Waals surface area contributed by atoms with Gasteiger partial charge in [0.05, 0.1) is 6.61 Å². The first-order valence-corrected chi connectivity index (χ1v) is 6.67. The molecule has 1 aliphatic carbocycles. The second kappa shape index (κ2) is 2.97. The van der Waals surface area contributed by atoms with Crippen LogP contribution in [-0.4, -0.2) is 14.8 Å². The predicted molar refractivity (Wildman–Crippen MR) is 64.4 cm³/mol. The van der Waals surface area contributed by atoms with Gasteiger partial charge in [0.15, 0.2) is 5.82 Å². The number of hydrogen-bond donors (Lipinski definition) is 0. The topological polar surface area (TPSA) is 39.9 Å². The zero-order valence-electron chi connectivity index (χ0n) is 9.86. The van der Waals surface area contributed by atoms with E-state index in [4.69, 9.17) is 4.74 Å². The summed E-state index contributed by atoms with van der Waals surface area (Å²) in [6.07, 6.45) is 2.14. The van der Waals surface area contributed by atoms with Crippen LogP contribution in [0.25, 0.3) is 5.00 Å². The molecule has 2 aliphatic rings. The van der Waals surface area contributed by atoms with Crippen LogP contribution in [0.5, 0.6) is 0 Å². The van der Waals surface area contributed by atoms with E-state index in [-0.39, 0.29) is 5.60 Å². The van der Waals surface area contributed by atoms with Crippen molar-refractivity contribution in [3.05, 3.63) is 28.2 Å². The van der Waals surface area contributed by atoms with E-state index in [2.05, 4.69) is 27.8 Å². The second-order valence-corrected chi connectivity index (χ2v) is 6.11. The third kappa shape index (κ3) is 1.21. The normalized spacial score (nSPS) is 19.9. The average Bonchev–Trinajstić information content (AvgIpc) is 2.88. The minimum absolute atomic E-state index is 0.145. The zero-order chi connectivity index (χ0) is 11.6. The van der Waals surface area contributed by atoms with Crippen LogP contribution < -0.4 is 0 Å². The van der Waals surface area contributed by atoms with E-state index in [0.717, 1.165) is 24.5 Å². The molecule has 1 aliphatic heterocycles. The molecule has 0 saturated heterocycles. The Morgan fingerprint density at radius 3 is 2.94 bits per heavy atom. The maximum Gasteiger partial charge on any atom is 0.170 e. The Morgan fingerprint density at radius 2 is 2.18 bits per heavy atom. The molecule has 4 nitrogen and oxygen atoms in total. The summed E-state index contributed by atoms with van der Waals surface area (Å²) in [5.74, 6) is 1.95. The van der Waals surface area contributed by atoms with E-state index in [1.54, 1.807) is 11.3 Å². The number of fused-ring (bicyclic) bond motifs is 4. The molecule has 1 saturated carbocycles. The lowest BCUT2D eigenvalue weighted by molar-refractivity contribution is 0.0137. The quantitative estimate of drug-likeness (QED) is 0.718. The van der Waals surface area contributed by atoms with Gasteiger partial charge in [0.1, 0.15) is 16.4 Å². The van der Waals surface area contributed by atoms with E-state index in [1.165, 1.54) is 15.4 Å². The van der Waals surface area contributed by atoms with Gasteiger partial charge in [-0.3, -0.25) is 4.57 Å². The number of aromatic nitrogens is 3. The first kappa shape index (κ1) is 9.79. The lowest BCUT2D eigenvalue weighted by atomic mass is 10.3. The van der Waals surface area contributed by atoms with Crippen molar-refractivity contribution < 1.29 is 4.74 Å². The second-order valence-electron chi connectivity index (χ2n) is 4.88. The lowest BCUT2D eigenvalue weighted by Gasteiger charge is -2.11. The predicted octanol–water partition coefficient (Wildman–Crippen LogP) is 2.46. The summed E-state index contributed by atoms with van der Waals surface area (Å²) in [5.41, 5.74) is 1.12. The zero-order valence-corrected chi connectivity index (χ0v) is 10.7. The molecule has 0 bridgehead atoms. The average molecular weight is 247 g/mol. The molecule has 0 unspecified atom stereocenters. The van der Waals surface area contributed by atoms with Crippen molar-refractivity contribution >= 4 is 11.3 Å². The highest BCUT2D eigenvalue weighted by Crippen LogP contribution is 2.52. The Hall–Kier alpha value is -1.20. The highest BCUT2D eigenvalue weighted by Gasteiger charge is 2.52. The maximum atomic E-state index is 6.06. The van der Waals surface area contributed by atoms with Crippen LogP contribution in [0.15, 0.2) is 6.07 Å². The molecule has 0 radical (unpaired) electrons. The lowest BCUT2D eigenvalue weighted by Crippen LogP contribution is -2.14. The molecule has 3 heterocycles. The van der Waals surface area contributed by atoms with Crippen LogP contribution in [0, 0.1) is 13.8 Å². The molecule has 1 fully saturated rings. The summed E-state index contributed by atoms with van der Waals surface area (Å²) in [4.78, 5) is 1.31. The first-order chi connectivity index (χ1) is 8.20. The molecule has 0 N–H and O–H groups in total. The van der Waals surface area contributed by atoms with Crippen molar-refractivity contribution in [3.8, 4) is 5.00 Å². The molecule has 88 valence electrons. The number of nitrogens with zero attached hydrogens (tertiary/aromatic N) is 3. The van der Waals surface area contributed by atoms with Crippen molar-refractivity contribution in [1.82, 2.24) is 14.8 Å². The van der Waals surface area contributed by atoms with Crippen LogP contribution in [0.2, 0.25) is 0 Å². The summed E-state index contributed by atoms with van der Waals surface area (Å²) in [6, 6.07) is 2.21. The van der Waals surface area contributed by atoms with Gasteiger partial charge in [0.25, 0.3) is 0 Å². The van der Waals surface area contributed by atoms with Crippen molar-refractivity contribution in [2.24, 2.45) is 0 Å². The molecule has 2 aromatic heterocycles. The van der Waals surface area contributed by atoms with Gasteiger partial charge in [-0.05, 0) is 32.8 Å². The molecule has 0 amide bonds. The standard InChI is InChI=1S/C12H13N3OS/c1-7-5-9-6-16-12(3-4-12)11-14-13-8(2)15(11)10(9)17-7/h5H,3-4,6H2,1-2H3. The van der Waals surface area contributed by atoms with Crippen molar-refractivity contribution in [2.45, 2.75) is 38.9 Å². The van der Waals surface area contributed by atoms with Gasteiger partial charge in [-0.15, -0.1) is 21.5 Å². The molecule has 0 aromatic carbocycles. The molecular weight excluding hydrogens is 234 g/mol. The highest BCUT2D eigenvalue weighted by atomic mass is 32.1. The number of thiophene rings is 1. The Labute approximate surface area is 103 Å². The summed E-state index contributed by atoms with van der Waals surface area (Å²) >= 11 is 1.80. The Kier molecular flexibility index (Phi) is 1.71. The van der Waals surface area contributed by atoms with Crippen molar-refractivity contribution in [2.75, 3.05) is 0 Å². The van der Waals surface area contributed by atoms with Gasteiger partial charge >= 0.3 is 0 Å². The van der Waals surface area contributed by atoms with E-state index >= 15 is 0 Å². The largest absolute Gasteiger partial charge is 0.362 e. The third-order valence-electron chi connectivity index (χ3n) is 3.55. The SMILES string of the molecule is Cc1cc2c(s1)-n1c(C)nnc1C1(CC1)OC2. The fraction of sp³-hybridized carbons (Fsp3) is 0.500. The van der Waals surface area contributed by atoms with Crippen LogP contribution >= 0.6 is 11.3 Å². The van der Waals surface area contributed by atoms with Gasteiger partial charge in [-0.1, -0.05) is 0 Å². The Bertz CT molecular complexity index is 609. The molecule has 0 atom stereocenters. The van der Waals surface area contributed by atoms with Gasteiger partial charge in [-0.2, -0.15) is 0 Å². The summed E-state index contributed by atoms with van der Waals surface area (Å²) in [7, 11) is 0. The minimum atomic E-state index is -0.145. The Balaban J connectivity index is 2.03. The molecule has 2 aromatic rings. The smallest absolute Gasteiger partial charge is 0.170 e. The molecule has 17 heavy (non-hydrogen) atoms. The number of aryl methyl sites for hydroxylation is 2. The number of rotatable bonds is 0. The van der Waals surface area contributed by atoms with E-state index < -0.39 is 0 Å². The van der Waals surface area contributed by atoms with Gasteiger partial charge in [0.2, 0.25) is 0 Å². The first-order valence-electron chi connectivity index (χ1n) is 5.86. The number of hydrogen-bond acceptors (Lipinski definition) is 4. The van der Waals surface area contributed by atoms with Gasteiger partial charge in [0, 0.05) is 10.4 Å². The monoisotopic (exact) mass is 247 g/mol. The number of ether oxygens (including phenoxy) is 1. The van der Waals surface area contributed by atoms with E-state index in [9.17, 15) is 0 Å². The van der Waals surface area contributed by atoms with Crippen LogP contribution in [-0.2, 0) is 16.9 Å². The molecular formula is C12H13N3OS. The van der Waals surface area contributed by atoms with E-state index in [1.807, 2.05) is 6.92 Å². The maximum absolute atomic E-state index is 6.06. The summed E-state index contributed by atoms with van der Waals surface area (Å²) in [5, 5.41) is 9.80. The fourth-order valence-corrected chi connectivity index (χ4v) is 3.57.